The molecule has 1 amide bonds. The van der Waals surface area contributed by atoms with Crippen molar-refractivity contribution >= 4 is 51.1 Å². The van der Waals surface area contributed by atoms with E-state index in [0.29, 0.717) is 28.6 Å². The second kappa shape index (κ2) is 13.2. The first-order valence-corrected chi connectivity index (χ1v) is 14.6. The van der Waals surface area contributed by atoms with E-state index in [1.807, 2.05) is 24.3 Å². The van der Waals surface area contributed by atoms with E-state index in [1.165, 1.54) is 7.11 Å². The summed E-state index contributed by atoms with van der Waals surface area (Å²) < 4.78 is 15.8. The molecular formula is C30H35N3O7S. The summed E-state index contributed by atoms with van der Waals surface area (Å²) in [5.74, 6) is -2.54. The van der Waals surface area contributed by atoms with Gasteiger partial charge < -0.3 is 19.5 Å². The van der Waals surface area contributed by atoms with Gasteiger partial charge in [-0.25, -0.2) is 14.4 Å². The smallest absolute Gasteiger partial charge is 0.348 e. The molecule has 218 valence electrons. The number of hydrogen-bond acceptors (Lipinski definition) is 10. The fraction of sp³-hybridized carbons (Fsp3) is 0.433. The molecule has 0 spiro atoms. The molecule has 41 heavy (non-hydrogen) atoms. The average Bonchev–Trinajstić information content (AvgIpc) is 3.29. The number of methoxy groups -OCH3 is 1. The summed E-state index contributed by atoms with van der Waals surface area (Å²) in [6.07, 6.45) is 0.740. The number of benzene rings is 1. The molecule has 0 bridgehead atoms. The van der Waals surface area contributed by atoms with E-state index in [9.17, 15) is 19.2 Å². The highest BCUT2D eigenvalue weighted by molar-refractivity contribution is 7.18. The van der Waals surface area contributed by atoms with Gasteiger partial charge in [0.2, 0.25) is 0 Å². The van der Waals surface area contributed by atoms with Crippen LogP contribution in [0.4, 0.5) is 5.00 Å². The van der Waals surface area contributed by atoms with Crippen molar-refractivity contribution in [3.8, 4) is 0 Å². The minimum Gasteiger partial charge on any atom is -0.465 e. The Balaban J connectivity index is 1.65. The third-order valence-electron chi connectivity index (χ3n) is 7.02. The molecule has 1 aromatic carbocycles. The van der Waals surface area contributed by atoms with Crippen molar-refractivity contribution in [3.05, 3.63) is 57.1 Å². The van der Waals surface area contributed by atoms with Crippen LogP contribution in [-0.4, -0.2) is 66.6 Å². The molecule has 3 heterocycles. The van der Waals surface area contributed by atoms with Crippen LogP contribution >= 0.6 is 11.3 Å². The summed E-state index contributed by atoms with van der Waals surface area (Å²) >= 11 is 0.913. The number of thiophene rings is 1. The molecule has 11 heteroatoms. The first-order chi connectivity index (χ1) is 19.7. The fourth-order valence-electron chi connectivity index (χ4n) is 5.03. The van der Waals surface area contributed by atoms with Gasteiger partial charge in [-0.05, 0) is 44.9 Å². The summed E-state index contributed by atoms with van der Waals surface area (Å²) in [5.41, 5.74) is 3.20. The summed E-state index contributed by atoms with van der Waals surface area (Å²) in [6, 6.07) is 7.42. The molecule has 0 radical (unpaired) electrons. The zero-order valence-electron chi connectivity index (χ0n) is 24.0. The topological polar surface area (TPSA) is 124 Å². The van der Waals surface area contributed by atoms with Crippen LogP contribution < -0.4 is 5.32 Å². The average molecular weight is 582 g/mol. The largest absolute Gasteiger partial charge is 0.465 e. The highest BCUT2D eigenvalue weighted by Crippen LogP contribution is 2.35. The maximum absolute atomic E-state index is 13.8. The van der Waals surface area contributed by atoms with Crippen LogP contribution in [0.2, 0.25) is 0 Å². The first kappa shape index (κ1) is 30.1. The van der Waals surface area contributed by atoms with E-state index in [1.54, 1.807) is 20.8 Å². The highest BCUT2D eigenvalue weighted by Gasteiger charge is 2.32. The first-order valence-electron chi connectivity index (χ1n) is 13.8. The quantitative estimate of drug-likeness (QED) is 0.263. The molecular weight excluding hydrogens is 546 g/mol. The second-order valence-electron chi connectivity index (χ2n) is 9.72. The number of pyridine rings is 1. The van der Waals surface area contributed by atoms with E-state index < -0.39 is 29.9 Å². The second-order valence-corrected chi connectivity index (χ2v) is 10.7. The molecule has 1 aliphatic heterocycles. The Bertz CT molecular complexity index is 1480. The van der Waals surface area contributed by atoms with Crippen LogP contribution in [0.3, 0.4) is 0 Å². The maximum atomic E-state index is 13.8. The lowest BCUT2D eigenvalue weighted by Crippen LogP contribution is -2.35. The van der Waals surface area contributed by atoms with Gasteiger partial charge in [-0.1, -0.05) is 32.0 Å². The number of nitrogens with one attached hydrogen (secondary N) is 1. The van der Waals surface area contributed by atoms with Crippen molar-refractivity contribution in [1.29, 1.82) is 0 Å². The molecule has 1 unspecified atom stereocenters. The summed E-state index contributed by atoms with van der Waals surface area (Å²) in [6.45, 7) is 9.59. The standard InChI is InChI=1S/C30H35N3O7S/c1-6-14-33-15-13-21-19(16-33)24(18-11-9-10-12-20(18)31-21)29(36)40-22(7-2)26(34)32-27-23(28(35)38-5)17(4)25(41-27)30(37)39-8-3/h9-12,22H,6-8,13-16H2,1-5H3,(H,32,34). The molecule has 3 aromatic rings. The van der Waals surface area contributed by atoms with Crippen LogP contribution in [0.1, 0.15) is 80.8 Å². The molecule has 0 saturated heterocycles. The number of hydrogen-bond donors (Lipinski definition) is 1. The molecule has 2 aromatic heterocycles. The van der Waals surface area contributed by atoms with Crippen LogP contribution in [0.15, 0.2) is 24.3 Å². The van der Waals surface area contributed by atoms with Crippen LogP contribution in [-0.2, 0) is 32.0 Å². The predicted molar refractivity (Wildman–Crippen MR) is 155 cm³/mol. The van der Waals surface area contributed by atoms with Crippen LogP contribution in [0, 0.1) is 6.92 Å². The number of esters is 3. The fourth-order valence-corrected chi connectivity index (χ4v) is 6.12. The Labute approximate surface area is 243 Å². The van der Waals surface area contributed by atoms with Gasteiger partial charge in [-0.15, -0.1) is 11.3 Å². The number of fused-ring (bicyclic) bond motifs is 2. The normalized spacial score (nSPS) is 13.8. The minimum absolute atomic E-state index is 0.0558. The lowest BCUT2D eigenvalue weighted by atomic mass is 9.95. The molecule has 0 aliphatic carbocycles. The van der Waals surface area contributed by atoms with Gasteiger partial charge in [0.05, 0.1) is 30.4 Å². The molecule has 0 saturated carbocycles. The lowest BCUT2D eigenvalue weighted by molar-refractivity contribution is -0.124. The van der Waals surface area contributed by atoms with E-state index >= 15 is 0 Å². The highest BCUT2D eigenvalue weighted by atomic mass is 32.1. The molecule has 4 rings (SSSR count). The van der Waals surface area contributed by atoms with Crippen LogP contribution in [0.25, 0.3) is 10.9 Å². The number of rotatable bonds is 10. The van der Waals surface area contributed by atoms with Gasteiger partial charge in [-0.2, -0.15) is 0 Å². The number of ether oxygens (including phenoxy) is 3. The molecule has 1 aliphatic rings. The number of para-hydroxylation sites is 1. The predicted octanol–water partition coefficient (Wildman–Crippen LogP) is 4.91. The van der Waals surface area contributed by atoms with Crippen molar-refractivity contribution in [1.82, 2.24) is 9.88 Å². The summed E-state index contributed by atoms with van der Waals surface area (Å²) in [5, 5.41) is 3.48. The summed E-state index contributed by atoms with van der Waals surface area (Å²) in [4.78, 5) is 59.5. The summed E-state index contributed by atoms with van der Waals surface area (Å²) in [7, 11) is 1.22. The zero-order valence-corrected chi connectivity index (χ0v) is 24.8. The van der Waals surface area contributed by atoms with Gasteiger partial charge in [0.25, 0.3) is 5.91 Å². The van der Waals surface area contributed by atoms with Gasteiger partial charge in [0, 0.05) is 36.2 Å². The molecule has 10 nitrogen and oxygen atoms in total. The number of nitrogens with zero attached hydrogens (tertiary/aromatic N) is 2. The lowest BCUT2D eigenvalue weighted by Gasteiger charge is -2.30. The number of carbonyl (C=O) groups excluding carboxylic acids is 4. The Morgan fingerprint density at radius 1 is 1.07 bits per heavy atom. The van der Waals surface area contributed by atoms with Gasteiger partial charge in [-0.3, -0.25) is 14.7 Å². The third-order valence-corrected chi connectivity index (χ3v) is 8.20. The Hall–Kier alpha value is -3.83. The van der Waals surface area contributed by atoms with E-state index in [0.717, 1.165) is 48.5 Å². The van der Waals surface area contributed by atoms with Crippen molar-refractivity contribution in [3.63, 3.8) is 0 Å². The Morgan fingerprint density at radius 2 is 1.83 bits per heavy atom. The van der Waals surface area contributed by atoms with Crippen molar-refractivity contribution in [2.45, 2.75) is 59.6 Å². The van der Waals surface area contributed by atoms with Gasteiger partial charge in [0.15, 0.2) is 6.10 Å². The van der Waals surface area contributed by atoms with Gasteiger partial charge in [0.1, 0.15) is 9.88 Å². The third kappa shape index (κ3) is 6.25. The molecule has 1 N–H and O–H groups in total. The van der Waals surface area contributed by atoms with E-state index in [4.69, 9.17) is 19.2 Å². The van der Waals surface area contributed by atoms with E-state index in [2.05, 4.69) is 17.1 Å². The number of anilines is 1. The van der Waals surface area contributed by atoms with Crippen molar-refractivity contribution < 1.29 is 33.4 Å². The zero-order chi connectivity index (χ0) is 29.7. The van der Waals surface area contributed by atoms with Crippen molar-refractivity contribution in [2.24, 2.45) is 0 Å². The maximum Gasteiger partial charge on any atom is 0.348 e. The van der Waals surface area contributed by atoms with Crippen molar-refractivity contribution in [2.75, 3.05) is 32.1 Å². The molecule has 1 atom stereocenters. The number of amides is 1. The monoisotopic (exact) mass is 581 g/mol. The molecule has 0 fully saturated rings. The Kier molecular flexibility index (Phi) is 9.72. The minimum atomic E-state index is -1.15. The van der Waals surface area contributed by atoms with Gasteiger partial charge >= 0.3 is 17.9 Å². The number of aromatic nitrogens is 1. The Morgan fingerprint density at radius 3 is 2.51 bits per heavy atom. The number of carbonyl (C=O) groups is 4. The van der Waals surface area contributed by atoms with E-state index in [-0.39, 0.29) is 28.5 Å². The SMILES string of the molecule is CCCN1CCc2nc3ccccc3c(C(=O)OC(CC)C(=O)Nc3sc(C(=O)OCC)c(C)c3C(=O)OC)c2C1. The van der Waals surface area contributed by atoms with Crippen LogP contribution in [0.5, 0.6) is 0 Å².